The summed E-state index contributed by atoms with van der Waals surface area (Å²) >= 11 is 0. The highest BCUT2D eigenvalue weighted by molar-refractivity contribution is 6.99. The number of fused-ring (bicyclic) bond motifs is 2. The first kappa shape index (κ1) is 25.0. The van der Waals surface area contributed by atoms with Crippen molar-refractivity contribution in [1.82, 2.24) is 0 Å². The summed E-state index contributed by atoms with van der Waals surface area (Å²) in [5.74, 6) is 0. The first-order valence-corrected chi connectivity index (χ1v) is 15.9. The molecule has 0 N–H and O–H groups in total. The van der Waals surface area contributed by atoms with E-state index in [-0.39, 0.29) is 0 Å². The first-order chi connectivity index (χ1) is 20.3. The van der Waals surface area contributed by atoms with Gasteiger partial charge in [0.25, 0.3) is 0 Å². The van der Waals surface area contributed by atoms with Gasteiger partial charge >= 0.3 is 8.72 Å². The van der Waals surface area contributed by atoms with Gasteiger partial charge in [0.1, 0.15) is 0 Å². The van der Waals surface area contributed by atoms with Crippen LogP contribution in [0.2, 0.25) is 0 Å². The average Bonchev–Trinajstić information content (AvgIpc) is 3.50. The maximum atomic E-state index is 2.63. The minimum Gasteiger partial charge on any atom is -0.314 e. The van der Waals surface area contributed by atoms with Crippen molar-refractivity contribution < 1.29 is 0 Å². The lowest BCUT2D eigenvalue weighted by atomic mass is 10.2. The minimum absolute atomic E-state index is 1.17. The van der Waals surface area contributed by atoms with Gasteiger partial charge in [-0.3, -0.25) is 0 Å². The normalized spacial score (nSPS) is 15.6. The van der Waals surface area contributed by atoms with Gasteiger partial charge in [-0.1, -0.05) is 91.0 Å². The molecule has 5 heteroatoms. The van der Waals surface area contributed by atoms with Crippen LogP contribution in [-0.2, 0) is 0 Å². The molecule has 200 valence electrons. The van der Waals surface area contributed by atoms with Crippen molar-refractivity contribution in [1.29, 1.82) is 0 Å². The zero-order chi connectivity index (χ0) is 27.8. The Hall–Kier alpha value is -5.00. The molecule has 41 heavy (non-hydrogen) atoms. The van der Waals surface area contributed by atoms with Gasteiger partial charge < -0.3 is 18.3 Å². The lowest BCUT2D eigenvalue weighted by Crippen LogP contribution is -2.77. The minimum atomic E-state index is -3.23. The van der Waals surface area contributed by atoms with E-state index < -0.39 is 8.72 Å². The van der Waals surface area contributed by atoms with Crippen LogP contribution in [0.3, 0.4) is 0 Å². The van der Waals surface area contributed by atoms with E-state index in [1.807, 2.05) is 0 Å². The standard InChI is InChI=1S/C36H32N4Si/c1-3-18-29(4-2)37-33-25-14-15-26-34(33)38(30-19-8-5-9-20-30)41(37)39(31-21-10-6-11-22-31)35-27-16-17-28-36(35)40(41)32-23-12-7-13-24-32/h3-28H,1-2H3/b18-3-,29-4+. The molecule has 0 saturated heterocycles. The van der Waals surface area contributed by atoms with Crippen LogP contribution < -0.4 is 18.3 Å². The van der Waals surface area contributed by atoms with Gasteiger partial charge in [-0.05, 0) is 80.6 Å². The van der Waals surface area contributed by atoms with Gasteiger partial charge in [0.05, 0.1) is 22.7 Å². The summed E-state index contributed by atoms with van der Waals surface area (Å²) in [6.45, 7) is 4.25. The zero-order valence-electron chi connectivity index (χ0n) is 23.3. The summed E-state index contributed by atoms with van der Waals surface area (Å²) < 4.78 is 10.5. The number of hydrogen-bond acceptors (Lipinski definition) is 4. The Morgan fingerprint density at radius 2 is 0.805 bits per heavy atom. The highest BCUT2D eigenvalue weighted by Crippen LogP contribution is 2.60. The average molecular weight is 549 g/mol. The Bertz CT molecular complexity index is 1610. The molecule has 0 bridgehead atoms. The largest absolute Gasteiger partial charge is 0.521 e. The lowest BCUT2D eigenvalue weighted by Gasteiger charge is -2.49. The fraction of sp³-hybridized carbons (Fsp3) is 0.0556. The second-order valence-corrected chi connectivity index (χ2v) is 13.1. The van der Waals surface area contributed by atoms with Crippen LogP contribution in [0.1, 0.15) is 13.8 Å². The smallest absolute Gasteiger partial charge is 0.314 e. The second kappa shape index (κ2) is 10.2. The predicted octanol–water partition coefficient (Wildman–Crippen LogP) is 9.55. The van der Waals surface area contributed by atoms with Crippen LogP contribution in [0.15, 0.2) is 163 Å². The van der Waals surface area contributed by atoms with Gasteiger partial charge in [-0.2, -0.15) is 0 Å². The van der Waals surface area contributed by atoms with Crippen LogP contribution in [0.4, 0.5) is 39.8 Å². The zero-order valence-corrected chi connectivity index (χ0v) is 24.3. The summed E-state index contributed by atoms with van der Waals surface area (Å²) in [6, 6.07) is 50.4. The number of para-hydroxylation sites is 7. The van der Waals surface area contributed by atoms with E-state index in [2.05, 4.69) is 190 Å². The molecule has 0 atom stereocenters. The number of nitrogens with zero attached hydrogens (tertiary/aromatic N) is 4. The third kappa shape index (κ3) is 3.66. The Kier molecular flexibility index (Phi) is 6.21. The van der Waals surface area contributed by atoms with Gasteiger partial charge in [-0.25, -0.2) is 0 Å². The Balaban J connectivity index is 1.68. The third-order valence-electron chi connectivity index (χ3n) is 7.86. The van der Waals surface area contributed by atoms with E-state index in [1.165, 1.54) is 45.5 Å². The molecule has 0 radical (unpaired) electrons. The van der Waals surface area contributed by atoms with E-state index in [0.29, 0.717) is 0 Å². The number of benzene rings is 5. The van der Waals surface area contributed by atoms with Gasteiger partial charge in [0, 0.05) is 22.8 Å². The van der Waals surface area contributed by atoms with E-state index in [1.54, 1.807) is 0 Å². The monoisotopic (exact) mass is 548 g/mol. The lowest BCUT2D eigenvalue weighted by molar-refractivity contribution is 1.15. The van der Waals surface area contributed by atoms with Gasteiger partial charge in [0.15, 0.2) is 0 Å². The van der Waals surface area contributed by atoms with Crippen LogP contribution in [0, 0.1) is 0 Å². The number of hydrogen-bond donors (Lipinski definition) is 0. The molecule has 4 nitrogen and oxygen atoms in total. The van der Waals surface area contributed by atoms with E-state index in [4.69, 9.17) is 0 Å². The molecular weight excluding hydrogens is 517 g/mol. The van der Waals surface area contributed by atoms with Crippen molar-refractivity contribution in [3.05, 3.63) is 163 Å². The van der Waals surface area contributed by atoms with E-state index in [9.17, 15) is 0 Å². The van der Waals surface area contributed by atoms with Crippen molar-refractivity contribution in [2.24, 2.45) is 0 Å². The topological polar surface area (TPSA) is 13.0 Å². The number of anilines is 7. The van der Waals surface area contributed by atoms with Crippen molar-refractivity contribution >= 4 is 48.5 Å². The second-order valence-electron chi connectivity index (χ2n) is 10.1. The molecule has 1 spiro atoms. The SMILES string of the molecule is C/C=C\C(=C/C)N1c2ccccc2N(c2ccccc2)[Si]12N(c1ccccc1)c1ccccc1N2c1ccccc1. The fourth-order valence-electron chi connectivity index (χ4n) is 6.38. The molecule has 2 aliphatic rings. The van der Waals surface area contributed by atoms with Crippen molar-refractivity contribution in [2.75, 3.05) is 18.3 Å². The molecule has 0 saturated carbocycles. The predicted molar refractivity (Wildman–Crippen MR) is 175 cm³/mol. The molecule has 5 aromatic rings. The third-order valence-corrected chi connectivity index (χ3v) is 12.3. The maximum absolute atomic E-state index is 3.23. The molecule has 0 fully saturated rings. The molecular formula is C36H32N4Si. The highest BCUT2D eigenvalue weighted by Gasteiger charge is 2.69. The fourth-order valence-corrected chi connectivity index (χ4v) is 11.7. The Morgan fingerprint density at radius 1 is 0.463 bits per heavy atom. The van der Waals surface area contributed by atoms with Crippen molar-refractivity contribution in [2.45, 2.75) is 13.8 Å². The number of allylic oxidation sites excluding steroid dienone is 3. The highest BCUT2D eigenvalue weighted by atomic mass is 28.4. The molecule has 0 aromatic heterocycles. The number of rotatable bonds is 5. The molecule has 2 aliphatic heterocycles. The molecule has 7 rings (SSSR count). The van der Waals surface area contributed by atoms with E-state index in [0.717, 1.165) is 0 Å². The summed E-state index contributed by atoms with van der Waals surface area (Å²) in [5, 5.41) is 0. The summed E-state index contributed by atoms with van der Waals surface area (Å²) in [7, 11) is -3.23. The van der Waals surface area contributed by atoms with Crippen LogP contribution >= 0.6 is 0 Å². The maximum Gasteiger partial charge on any atom is 0.521 e. The molecule has 0 amide bonds. The summed E-state index contributed by atoms with van der Waals surface area (Å²) in [5.41, 5.74) is 9.46. The van der Waals surface area contributed by atoms with Crippen molar-refractivity contribution in [3.8, 4) is 0 Å². The Labute approximate surface area is 243 Å². The van der Waals surface area contributed by atoms with Crippen LogP contribution in [0.25, 0.3) is 0 Å². The Morgan fingerprint density at radius 3 is 1.17 bits per heavy atom. The molecule has 5 aromatic carbocycles. The van der Waals surface area contributed by atoms with Crippen LogP contribution in [-0.4, -0.2) is 8.72 Å². The summed E-state index contributed by atoms with van der Waals surface area (Å²) in [4.78, 5) is 0. The molecule has 0 unspecified atom stereocenters. The van der Waals surface area contributed by atoms with Crippen LogP contribution in [0.5, 0.6) is 0 Å². The summed E-state index contributed by atoms with van der Waals surface area (Å²) in [6.07, 6.45) is 6.64. The van der Waals surface area contributed by atoms with Crippen molar-refractivity contribution in [3.63, 3.8) is 0 Å². The van der Waals surface area contributed by atoms with Gasteiger partial charge in [0.2, 0.25) is 0 Å². The quantitative estimate of drug-likeness (QED) is 0.160. The molecule has 0 aliphatic carbocycles. The van der Waals surface area contributed by atoms with E-state index >= 15 is 0 Å². The molecule has 2 heterocycles. The van der Waals surface area contributed by atoms with Gasteiger partial charge in [-0.15, -0.1) is 0 Å². The first-order valence-electron chi connectivity index (χ1n) is 14.1.